The van der Waals surface area contributed by atoms with Crippen LogP contribution in [-0.4, -0.2) is 17.6 Å². The number of aromatic nitrogens is 1. The highest BCUT2D eigenvalue weighted by atomic mass is 35.5. The number of anilines is 1. The maximum Gasteiger partial charge on any atom is 0.250 e. The van der Waals surface area contributed by atoms with Gasteiger partial charge in [0.25, 0.3) is 0 Å². The summed E-state index contributed by atoms with van der Waals surface area (Å²) in [4.78, 5) is 8.23. The summed E-state index contributed by atoms with van der Waals surface area (Å²) in [5.41, 5.74) is 5.77. The van der Waals surface area contributed by atoms with Crippen molar-refractivity contribution in [2.45, 2.75) is 0 Å². The molecule has 5 nitrogen and oxygen atoms in total. The van der Waals surface area contributed by atoms with Gasteiger partial charge in [0.1, 0.15) is 5.82 Å². The van der Waals surface area contributed by atoms with E-state index in [1.54, 1.807) is 0 Å². The molecular formula is C7H7ClN4O. The summed E-state index contributed by atoms with van der Waals surface area (Å²) < 4.78 is 0. The van der Waals surface area contributed by atoms with Crippen LogP contribution in [0.4, 0.5) is 5.82 Å². The quantitative estimate of drug-likeness (QED) is 0.427. The fourth-order valence-electron chi connectivity index (χ4n) is 0.690. The number of oxime groups is 1. The third-order valence-electron chi connectivity index (χ3n) is 1.29. The first-order chi connectivity index (χ1) is 6.15. The van der Waals surface area contributed by atoms with E-state index in [1.165, 1.54) is 12.3 Å². The molecule has 0 saturated heterocycles. The Hall–Kier alpha value is -1.62. The molecule has 1 heterocycles. The summed E-state index contributed by atoms with van der Waals surface area (Å²) >= 11 is 5.67. The van der Waals surface area contributed by atoms with Crippen molar-refractivity contribution in [2.24, 2.45) is 5.16 Å². The Balaban J connectivity index is 2.96. The van der Waals surface area contributed by atoms with Gasteiger partial charge in [-0.25, -0.2) is 4.98 Å². The summed E-state index contributed by atoms with van der Waals surface area (Å²) in [5, 5.41) is 10.7. The van der Waals surface area contributed by atoms with E-state index in [9.17, 15) is 0 Å². The van der Waals surface area contributed by atoms with Crippen molar-refractivity contribution in [3.8, 4) is 0 Å². The number of nitrogens with one attached hydrogen (secondary N) is 1. The van der Waals surface area contributed by atoms with Crippen LogP contribution in [0.2, 0.25) is 5.02 Å². The summed E-state index contributed by atoms with van der Waals surface area (Å²) in [6.07, 6.45) is 1.37. The van der Waals surface area contributed by atoms with Gasteiger partial charge in [-0.1, -0.05) is 16.8 Å². The third kappa shape index (κ3) is 2.16. The van der Waals surface area contributed by atoms with Crippen LogP contribution in [0.3, 0.4) is 0 Å². The van der Waals surface area contributed by atoms with Crippen LogP contribution in [0.5, 0.6) is 0 Å². The van der Waals surface area contributed by atoms with Crippen molar-refractivity contribution in [1.82, 2.24) is 4.98 Å². The molecule has 0 fully saturated rings. The van der Waals surface area contributed by atoms with Gasteiger partial charge in [0, 0.05) is 12.9 Å². The zero-order valence-electron chi connectivity index (χ0n) is 6.62. The van der Waals surface area contributed by atoms with Crippen LogP contribution in [0.15, 0.2) is 17.4 Å². The van der Waals surface area contributed by atoms with Gasteiger partial charge in [-0.2, -0.15) is 0 Å². The zero-order valence-corrected chi connectivity index (χ0v) is 7.38. The predicted molar refractivity (Wildman–Crippen MR) is 51.1 cm³/mol. The Labute approximate surface area is 79.7 Å². The SMILES string of the molecule is C=NOC(=N)c1cnc(N)c(Cl)c1. The lowest BCUT2D eigenvalue weighted by Crippen LogP contribution is -2.02. The molecule has 0 saturated carbocycles. The highest BCUT2D eigenvalue weighted by Crippen LogP contribution is 2.16. The van der Waals surface area contributed by atoms with E-state index in [2.05, 4.69) is 21.7 Å². The Bertz CT molecular complexity index is 352. The molecule has 1 rings (SSSR count). The molecule has 0 radical (unpaired) electrons. The summed E-state index contributed by atoms with van der Waals surface area (Å²) in [7, 11) is 0. The molecule has 0 unspecified atom stereocenters. The minimum atomic E-state index is -0.176. The molecule has 1 aromatic heterocycles. The summed E-state index contributed by atoms with van der Waals surface area (Å²) in [5.74, 6) is 0.0363. The minimum Gasteiger partial charge on any atom is -0.382 e. The smallest absolute Gasteiger partial charge is 0.250 e. The van der Waals surface area contributed by atoms with E-state index in [4.69, 9.17) is 22.7 Å². The first kappa shape index (κ1) is 9.47. The number of nitrogens with zero attached hydrogens (tertiary/aromatic N) is 2. The van der Waals surface area contributed by atoms with E-state index in [0.29, 0.717) is 5.56 Å². The molecule has 3 N–H and O–H groups in total. The topological polar surface area (TPSA) is 84.3 Å². The monoisotopic (exact) mass is 198 g/mol. The molecule has 0 atom stereocenters. The van der Waals surface area contributed by atoms with Crippen LogP contribution in [0, 0.1) is 5.41 Å². The third-order valence-corrected chi connectivity index (χ3v) is 1.59. The average Bonchev–Trinajstić information content (AvgIpc) is 2.10. The zero-order chi connectivity index (χ0) is 9.84. The number of hydrogen-bond acceptors (Lipinski definition) is 5. The highest BCUT2D eigenvalue weighted by molar-refractivity contribution is 6.33. The fourth-order valence-corrected chi connectivity index (χ4v) is 0.856. The van der Waals surface area contributed by atoms with E-state index in [0.717, 1.165) is 0 Å². The second-order valence-corrected chi connectivity index (χ2v) is 2.55. The number of hydrogen-bond donors (Lipinski definition) is 2. The van der Waals surface area contributed by atoms with Crippen molar-refractivity contribution in [3.05, 3.63) is 22.8 Å². The minimum absolute atomic E-state index is 0.176. The van der Waals surface area contributed by atoms with Gasteiger partial charge in [0.05, 0.1) is 10.6 Å². The van der Waals surface area contributed by atoms with Crippen LogP contribution in [0.25, 0.3) is 0 Å². The van der Waals surface area contributed by atoms with Gasteiger partial charge in [0.2, 0.25) is 5.90 Å². The second kappa shape index (κ2) is 3.86. The lowest BCUT2D eigenvalue weighted by Gasteiger charge is -2.01. The normalized spacial score (nSPS) is 9.31. The van der Waals surface area contributed by atoms with Crippen LogP contribution >= 0.6 is 11.6 Å². The average molecular weight is 199 g/mol. The molecule has 0 aliphatic rings. The number of nitrogen functional groups attached to an aromatic ring is 1. The molecule has 0 amide bonds. The lowest BCUT2D eigenvalue weighted by atomic mass is 10.3. The number of nitrogens with two attached hydrogens (primary N) is 1. The standard InChI is InChI=1S/C7H7ClN4O/c1-11-13-7(10)4-2-5(8)6(9)12-3-4/h2-3,10H,1H2,(H2,9,12). The molecule has 0 spiro atoms. The summed E-state index contributed by atoms with van der Waals surface area (Å²) in [6, 6.07) is 1.47. The maximum atomic E-state index is 7.30. The Morgan fingerprint density at radius 1 is 1.77 bits per heavy atom. The van der Waals surface area contributed by atoms with E-state index in [-0.39, 0.29) is 16.7 Å². The van der Waals surface area contributed by atoms with Crippen LogP contribution in [0.1, 0.15) is 5.56 Å². The van der Waals surface area contributed by atoms with Gasteiger partial charge in [-0.3, -0.25) is 5.41 Å². The Morgan fingerprint density at radius 3 is 3.00 bits per heavy atom. The lowest BCUT2D eigenvalue weighted by molar-refractivity contribution is 0.330. The molecule has 0 bridgehead atoms. The molecule has 68 valence electrons. The van der Waals surface area contributed by atoms with E-state index < -0.39 is 0 Å². The maximum absolute atomic E-state index is 7.30. The molecule has 0 aromatic carbocycles. The number of pyridine rings is 1. The van der Waals surface area contributed by atoms with Crippen LogP contribution < -0.4 is 5.73 Å². The number of rotatable bonds is 2. The Kier molecular flexibility index (Phi) is 2.81. The number of halogens is 1. The highest BCUT2D eigenvalue weighted by Gasteiger charge is 2.05. The molecular weight excluding hydrogens is 192 g/mol. The first-order valence-corrected chi connectivity index (χ1v) is 3.66. The predicted octanol–water partition coefficient (Wildman–Crippen LogP) is 1.27. The second-order valence-electron chi connectivity index (χ2n) is 2.14. The van der Waals surface area contributed by atoms with E-state index >= 15 is 0 Å². The van der Waals surface area contributed by atoms with Crippen molar-refractivity contribution < 1.29 is 4.84 Å². The van der Waals surface area contributed by atoms with Crippen molar-refractivity contribution in [1.29, 1.82) is 5.41 Å². The van der Waals surface area contributed by atoms with E-state index in [1.807, 2.05) is 0 Å². The van der Waals surface area contributed by atoms with Crippen molar-refractivity contribution in [3.63, 3.8) is 0 Å². The molecule has 1 aromatic rings. The largest absolute Gasteiger partial charge is 0.382 e. The van der Waals surface area contributed by atoms with Crippen molar-refractivity contribution in [2.75, 3.05) is 5.73 Å². The van der Waals surface area contributed by atoms with Gasteiger partial charge < -0.3 is 10.6 Å². The van der Waals surface area contributed by atoms with Gasteiger partial charge in [-0.15, -0.1) is 0 Å². The summed E-state index contributed by atoms with van der Waals surface area (Å²) in [6.45, 7) is 3.08. The molecule has 0 aliphatic carbocycles. The molecule has 13 heavy (non-hydrogen) atoms. The fraction of sp³-hybridized carbons (Fsp3) is 0. The Morgan fingerprint density at radius 2 is 2.46 bits per heavy atom. The van der Waals surface area contributed by atoms with Crippen LogP contribution in [-0.2, 0) is 4.84 Å². The first-order valence-electron chi connectivity index (χ1n) is 3.28. The van der Waals surface area contributed by atoms with Gasteiger partial charge in [-0.05, 0) is 6.07 Å². The molecule has 6 heteroatoms. The van der Waals surface area contributed by atoms with Gasteiger partial charge >= 0.3 is 0 Å². The van der Waals surface area contributed by atoms with Crippen molar-refractivity contribution >= 4 is 30.0 Å². The van der Waals surface area contributed by atoms with Gasteiger partial charge in [0.15, 0.2) is 0 Å². The molecule has 0 aliphatic heterocycles.